The number of carbonyl (C=O) groups excluding carboxylic acids is 1. The minimum Gasteiger partial charge on any atom is -0.378 e. The summed E-state index contributed by atoms with van der Waals surface area (Å²) in [6, 6.07) is 14.6. The number of rotatable bonds is 4. The van der Waals surface area contributed by atoms with Gasteiger partial charge in [-0.3, -0.25) is 4.79 Å². The number of carbonyl (C=O) groups is 1. The molecule has 2 aromatic carbocycles. The van der Waals surface area contributed by atoms with Crippen molar-refractivity contribution in [2.24, 2.45) is 0 Å². The van der Waals surface area contributed by atoms with Gasteiger partial charge in [0.05, 0.1) is 0 Å². The van der Waals surface area contributed by atoms with E-state index in [1.165, 1.54) is 16.8 Å². The summed E-state index contributed by atoms with van der Waals surface area (Å²) in [5.41, 5.74) is 5.83. The molecule has 2 aromatic rings. The Morgan fingerprint density at radius 1 is 0.885 bits per heavy atom. The van der Waals surface area contributed by atoms with E-state index >= 15 is 0 Å². The van der Waals surface area contributed by atoms with Crippen LogP contribution in [0, 0.1) is 0 Å². The van der Waals surface area contributed by atoms with Gasteiger partial charge in [-0.2, -0.15) is 0 Å². The number of nitrogens with one attached hydrogen (secondary N) is 1. The van der Waals surface area contributed by atoms with Gasteiger partial charge in [-0.25, -0.2) is 0 Å². The maximum Gasteiger partial charge on any atom is 0.159 e. The maximum atomic E-state index is 11.7. The van der Waals surface area contributed by atoms with Crippen molar-refractivity contribution in [2.75, 3.05) is 5.32 Å². The summed E-state index contributed by atoms with van der Waals surface area (Å²) >= 11 is 0. The smallest absolute Gasteiger partial charge is 0.159 e. The minimum atomic E-state index is 0.0462. The predicted molar refractivity (Wildman–Crippen MR) is 112 cm³/mol. The quantitative estimate of drug-likeness (QED) is 0.624. The molecule has 0 amide bonds. The monoisotopic (exact) mass is 351 g/mol. The minimum absolute atomic E-state index is 0.0462. The Bertz CT molecular complexity index is 758. The second-order valence-electron chi connectivity index (χ2n) is 9.28. The van der Waals surface area contributed by atoms with E-state index in [4.69, 9.17) is 0 Å². The molecule has 0 fully saturated rings. The molecule has 1 unspecified atom stereocenters. The van der Waals surface area contributed by atoms with E-state index < -0.39 is 0 Å². The molecular weight excluding hydrogens is 318 g/mol. The van der Waals surface area contributed by atoms with Gasteiger partial charge in [-0.1, -0.05) is 77.9 Å². The lowest BCUT2D eigenvalue weighted by atomic mass is 9.78. The van der Waals surface area contributed by atoms with Crippen LogP contribution in [-0.4, -0.2) is 5.78 Å². The molecule has 0 saturated carbocycles. The molecule has 1 N–H and O–H groups in total. The Balaban J connectivity index is 2.51. The first-order chi connectivity index (χ1) is 11.9. The van der Waals surface area contributed by atoms with Crippen LogP contribution in [0.4, 0.5) is 5.69 Å². The zero-order valence-electron chi connectivity index (χ0n) is 17.5. The Morgan fingerprint density at radius 3 is 1.85 bits per heavy atom. The molecule has 26 heavy (non-hydrogen) atoms. The van der Waals surface area contributed by atoms with Crippen molar-refractivity contribution in [1.82, 2.24) is 0 Å². The maximum absolute atomic E-state index is 11.7. The van der Waals surface area contributed by atoms with Gasteiger partial charge in [0.15, 0.2) is 5.78 Å². The first kappa shape index (κ1) is 20.2. The van der Waals surface area contributed by atoms with Crippen LogP contribution in [-0.2, 0) is 10.8 Å². The van der Waals surface area contributed by atoms with Crippen molar-refractivity contribution < 1.29 is 4.79 Å². The first-order valence-corrected chi connectivity index (χ1v) is 9.42. The Labute approximate surface area is 159 Å². The Morgan fingerprint density at radius 2 is 1.38 bits per heavy atom. The average molecular weight is 352 g/mol. The molecule has 0 bridgehead atoms. The number of anilines is 1. The van der Waals surface area contributed by atoms with Crippen LogP contribution in [0.3, 0.4) is 0 Å². The second-order valence-corrected chi connectivity index (χ2v) is 9.28. The van der Waals surface area contributed by atoms with Crippen LogP contribution in [0.5, 0.6) is 0 Å². The van der Waals surface area contributed by atoms with Crippen molar-refractivity contribution in [3.8, 4) is 0 Å². The van der Waals surface area contributed by atoms with Crippen molar-refractivity contribution in [1.29, 1.82) is 0 Å². The largest absolute Gasteiger partial charge is 0.378 e. The highest BCUT2D eigenvalue weighted by Gasteiger charge is 2.26. The van der Waals surface area contributed by atoms with Gasteiger partial charge in [-0.05, 0) is 47.4 Å². The summed E-state index contributed by atoms with van der Waals surface area (Å²) in [4.78, 5) is 11.7. The van der Waals surface area contributed by atoms with Gasteiger partial charge in [0.25, 0.3) is 0 Å². The van der Waals surface area contributed by atoms with Crippen molar-refractivity contribution in [2.45, 2.75) is 72.3 Å². The average Bonchev–Trinajstić information content (AvgIpc) is 2.53. The van der Waals surface area contributed by atoms with Crippen molar-refractivity contribution >= 4 is 11.5 Å². The molecule has 1 atom stereocenters. The number of hydrogen-bond donors (Lipinski definition) is 1. The molecule has 2 rings (SSSR count). The molecule has 0 radical (unpaired) electrons. The third-order valence-corrected chi connectivity index (χ3v) is 4.83. The molecule has 0 aliphatic carbocycles. The van der Waals surface area contributed by atoms with Crippen LogP contribution < -0.4 is 5.32 Å². The predicted octanol–water partition coefficient (Wildman–Crippen LogP) is 6.66. The highest BCUT2D eigenvalue weighted by molar-refractivity contribution is 5.94. The third-order valence-electron chi connectivity index (χ3n) is 4.83. The van der Waals surface area contributed by atoms with Gasteiger partial charge >= 0.3 is 0 Å². The van der Waals surface area contributed by atoms with E-state index in [0.717, 1.165) is 11.1 Å². The number of para-hydroxylation sites is 1. The molecule has 0 aliphatic rings. The SMILES string of the molecule is CC(=O)c1cccc(C(C)Nc2c(C(C)(C)C)cccc2C(C)(C)C)c1. The highest BCUT2D eigenvalue weighted by atomic mass is 16.1. The normalized spacial score (nSPS) is 13.4. The van der Waals surface area contributed by atoms with Crippen molar-refractivity contribution in [3.05, 3.63) is 64.7 Å². The molecule has 0 aliphatic heterocycles. The van der Waals surface area contributed by atoms with Crippen LogP contribution >= 0.6 is 0 Å². The number of benzene rings is 2. The fraction of sp³-hybridized carbons (Fsp3) is 0.458. The molecule has 0 saturated heterocycles. The molecule has 2 heteroatoms. The first-order valence-electron chi connectivity index (χ1n) is 9.42. The zero-order chi connectivity index (χ0) is 19.7. The molecule has 140 valence electrons. The second kappa shape index (κ2) is 7.26. The lowest BCUT2D eigenvalue weighted by Crippen LogP contribution is -2.22. The molecule has 0 spiro atoms. The summed E-state index contributed by atoms with van der Waals surface area (Å²) in [7, 11) is 0. The highest BCUT2D eigenvalue weighted by Crippen LogP contribution is 2.39. The van der Waals surface area contributed by atoms with Gasteiger partial charge in [-0.15, -0.1) is 0 Å². The zero-order valence-corrected chi connectivity index (χ0v) is 17.5. The number of ketones is 1. The summed E-state index contributed by atoms with van der Waals surface area (Å²) in [5, 5.41) is 3.76. The van der Waals surface area contributed by atoms with Crippen LogP contribution in [0.1, 0.15) is 88.5 Å². The van der Waals surface area contributed by atoms with E-state index in [-0.39, 0.29) is 22.7 Å². The summed E-state index contributed by atoms with van der Waals surface area (Å²) in [5.74, 6) is 0.101. The van der Waals surface area contributed by atoms with Crippen molar-refractivity contribution in [3.63, 3.8) is 0 Å². The molecule has 0 heterocycles. The molecule has 2 nitrogen and oxygen atoms in total. The van der Waals surface area contributed by atoms with E-state index in [1.807, 2.05) is 18.2 Å². The van der Waals surface area contributed by atoms with Gasteiger partial charge in [0.2, 0.25) is 0 Å². The van der Waals surface area contributed by atoms with E-state index in [1.54, 1.807) is 6.92 Å². The number of Topliss-reactive ketones (excluding diaryl/α,β-unsaturated/α-hetero) is 1. The Kier molecular flexibility index (Phi) is 5.65. The van der Waals surface area contributed by atoms with Crippen LogP contribution in [0.15, 0.2) is 42.5 Å². The topological polar surface area (TPSA) is 29.1 Å². The lowest BCUT2D eigenvalue weighted by Gasteiger charge is -2.32. The fourth-order valence-electron chi connectivity index (χ4n) is 3.28. The van der Waals surface area contributed by atoms with Crippen LogP contribution in [0.2, 0.25) is 0 Å². The van der Waals surface area contributed by atoms with E-state index in [0.29, 0.717) is 0 Å². The molecular formula is C24H33NO. The fourth-order valence-corrected chi connectivity index (χ4v) is 3.28. The third kappa shape index (κ3) is 4.55. The molecule has 0 aromatic heterocycles. The summed E-state index contributed by atoms with van der Waals surface area (Å²) < 4.78 is 0. The summed E-state index contributed by atoms with van der Waals surface area (Å²) in [6.07, 6.45) is 0. The van der Waals surface area contributed by atoms with Gasteiger partial charge in [0, 0.05) is 17.3 Å². The lowest BCUT2D eigenvalue weighted by molar-refractivity contribution is 0.101. The van der Waals surface area contributed by atoms with Gasteiger partial charge in [0.1, 0.15) is 0 Å². The summed E-state index contributed by atoms with van der Waals surface area (Å²) in [6.45, 7) is 17.3. The standard InChI is InChI=1S/C24H33NO/c1-16(18-11-9-12-19(15-18)17(2)26)25-22-20(23(3,4)5)13-10-14-21(22)24(6,7)8/h9-16,25H,1-8H3. The van der Waals surface area contributed by atoms with E-state index in [2.05, 4.69) is 78.0 Å². The Hall–Kier alpha value is -2.09. The van der Waals surface area contributed by atoms with Gasteiger partial charge < -0.3 is 5.32 Å². The number of hydrogen-bond acceptors (Lipinski definition) is 2. The van der Waals surface area contributed by atoms with Crippen LogP contribution in [0.25, 0.3) is 0 Å². The van der Waals surface area contributed by atoms with E-state index in [9.17, 15) is 4.79 Å².